The summed E-state index contributed by atoms with van der Waals surface area (Å²) < 4.78 is 6.42. The molecule has 4 amide bonds. The van der Waals surface area contributed by atoms with Crippen LogP contribution in [-0.4, -0.2) is 60.0 Å². The van der Waals surface area contributed by atoms with E-state index in [1.807, 2.05) is 98.8 Å². The molecule has 9 heteroatoms. The van der Waals surface area contributed by atoms with Crippen LogP contribution in [0.4, 0.5) is 0 Å². The molecule has 2 saturated heterocycles. The Morgan fingerprint density at radius 3 is 2.10 bits per heavy atom. The molecule has 9 nitrogen and oxygen atoms in total. The molecule has 6 rings (SSSR count). The predicted octanol–water partition coefficient (Wildman–Crippen LogP) is 3.64. The van der Waals surface area contributed by atoms with Gasteiger partial charge in [-0.25, -0.2) is 0 Å². The van der Waals surface area contributed by atoms with Gasteiger partial charge in [0.15, 0.2) is 0 Å². The van der Waals surface area contributed by atoms with Crippen LogP contribution in [0, 0.1) is 29.1 Å². The summed E-state index contributed by atoms with van der Waals surface area (Å²) in [5.41, 5.74) is -0.00229. The highest BCUT2D eigenvalue weighted by atomic mass is 16.6. The van der Waals surface area contributed by atoms with Crippen molar-refractivity contribution in [2.45, 2.75) is 83.2 Å². The number of amides is 4. The zero-order valence-corrected chi connectivity index (χ0v) is 28.3. The summed E-state index contributed by atoms with van der Waals surface area (Å²) in [6.45, 7) is 8.45. The molecular weight excluding hydrogens is 604 g/mol. The van der Waals surface area contributed by atoms with Gasteiger partial charge >= 0.3 is 0 Å². The van der Waals surface area contributed by atoms with Crippen molar-refractivity contribution in [3.63, 3.8) is 0 Å². The molecule has 3 aliphatic heterocycles. The summed E-state index contributed by atoms with van der Waals surface area (Å²) in [6, 6.07) is 17.4. The Morgan fingerprint density at radius 2 is 1.44 bits per heavy atom. The third kappa shape index (κ3) is 6.32. The number of fused-ring (bicyclic) bond motifs is 2. The second-order valence-electron chi connectivity index (χ2n) is 14.5. The van der Waals surface area contributed by atoms with E-state index in [-0.39, 0.29) is 35.8 Å². The first-order valence-corrected chi connectivity index (χ1v) is 17.3. The number of allylic oxidation sites excluding steroid dienone is 2. The van der Waals surface area contributed by atoms with Crippen LogP contribution >= 0.6 is 0 Å². The first kappa shape index (κ1) is 33.7. The Bertz CT molecular complexity index is 1580. The molecule has 2 aromatic carbocycles. The summed E-state index contributed by atoms with van der Waals surface area (Å²) in [5.74, 6) is -2.54. The Morgan fingerprint density at radius 1 is 0.792 bits per heavy atom. The van der Waals surface area contributed by atoms with Gasteiger partial charge in [0.2, 0.25) is 23.6 Å². The van der Waals surface area contributed by atoms with Gasteiger partial charge in [-0.2, -0.15) is 0 Å². The fourth-order valence-electron chi connectivity index (χ4n) is 8.38. The van der Waals surface area contributed by atoms with Crippen LogP contribution in [0.1, 0.15) is 51.7 Å². The number of rotatable bonds is 6. The van der Waals surface area contributed by atoms with Crippen molar-refractivity contribution >= 4 is 23.6 Å². The Kier molecular flexibility index (Phi) is 9.61. The minimum atomic E-state index is -1.49. The van der Waals surface area contributed by atoms with Crippen molar-refractivity contribution < 1.29 is 23.9 Å². The number of benzene rings is 2. The van der Waals surface area contributed by atoms with Gasteiger partial charge in [-0.15, -0.1) is 0 Å². The maximum absolute atomic E-state index is 15.0. The summed E-state index contributed by atoms with van der Waals surface area (Å²) in [7, 11) is 0. The summed E-state index contributed by atoms with van der Waals surface area (Å²) >= 11 is 0. The van der Waals surface area contributed by atoms with Gasteiger partial charge in [-0.1, -0.05) is 106 Å². The van der Waals surface area contributed by atoms with Gasteiger partial charge in [0.1, 0.15) is 17.5 Å². The number of carbonyl (C=O) groups excluding carboxylic acids is 4. The molecule has 0 radical (unpaired) electrons. The van der Waals surface area contributed by atoms with E-state index in [1.54, 1.807) is 0 Å². The lowest BCUT2D eigenvalue weighted by Gasteiger charge is -2.46. The molecule has 1 aliphatic carbocycles. The SMILES string of the molecule is CC(C)C[C@H]1NC(=O)[C@@]23C(=O)N[C@@H](Cc4ccccc4)C2[C@H](C)[C@@]2(C)O[C@H]2C3/C=C/C/C=C\CNC(=O)[C@H](Cc2ccccc2)NC1=O. The van der Waals surface area contributed by atoms with Crippen molar-refractivity contribution in [1.82, 2.24) is 21.3 Å². The molecule has 1 saturated carbocycles. The standard InChI is InChI=1S/C39H48N4O5/c1-24(2)21-30-35(45)41-31(23-27-17-11-8-12-18-27)34(44)40-20-14-6-5-13-19-28-33-38(4,48-33)25(3)32-29(22-26-15-9-7-10-16-26)42-36(46)39(28,32)37(47)43-30/h6-19,24-25,28-33H,5,20-23H2,1-4H3,(H,40,44)(H,41,45)(H,42,46)(H,43,47)/b14-6-,19-13+/t25-,28?,29-,30+,31-,32?,33-,38+,39+/m0/s1. The van der Waals surface area contributed by atoms with Gasteiger partial charge < -0.3 is 26.0 Å². The lowest BCUT2D eigenvalue weighted by molar-refractivity contribution is -0.151. The number of carbonyl (C=O) groups is 4. The normalized spacial score (nSPS) is 36.4. The lowest BCUT2D eigenvalue weighted by Crippen LogP contribution is -2.64. The van der Waals surface area contributed by atoms with Crippen LogP contribution in [-0.2, 0) is 36.8 Å². The number of nitrogens with one attached hydrogen (secondary N) is 4. The monoisotopic (exact) mass is 652 g/mol. The van der Waals surface area contributed by atoms with Gasteiger partial charge in [0.05, 0.1) is 11.7 Å². The summed E-state index contributed by atoms with van der Waals surface area (Å²) in [4.78, 5) is 57.0. The second-order valence-corrected chi connectivity index (χ2v) is 14.5. The topological polar surface area (TPSA) is 129 Å². The average molecular weight is 653 g/mol. The first-order chi connectivity index (χ1) is 23.1. The maximum Gasteiger partial charge on any atom is 0.243 e. The molecule has 0 aromatic heterocycles. The van der Waals surface area contributed by atoms with Crippen LogP contribution in [0.5, 0.6) is 0 Å². The lowest BCUT2D eigenvalue weighted by atomic mass is 9.52. The molecule has 3 fully saturated rings. The van der Waals surface area contributed by atoms with Crippen molar-refractivity contribution in [2.75, 3.05) is 6.54 Å². The van der Waals surface area contributed by atoms with E-state index in [2.05, 4.69) is 35.1 Å². The Labute approximate surface area is 283 Å². The van der Waals surface area contributed by atoms with Crippen LogP contribution in [0.2, 0.25) is 0 Å². The molecule has 2 aromatic rings. The molecule has 3 heterocycles. The van der Waals surface area contributed by atoms with Crippen LogP contribution in [0.25, 0.3) is 0 Å². The molecule has 48 heavy (non-hydrogen) atoms. The fraction of sp³-hybridized carbons (Fsp3) is 0.487. The molecule has 0 bridgehead atoms. The van der Waals surface area contributed by atoms with Crippen LogP contribution < -0.4 is 21.3 Å². The third-order valence-electron chi connectivity index (χ3n) is 10.9. The zero-order valence-electron chi connectivity index (χ0n) is 28.3. The smallest absolute Gasteiger partial charge is 0.243 e. The quantitative estimate of drug-likeness (QED) is 0.215. The van der Waals surface area contributed by atoms with Gasteiger partial charge in [-0.05, 0) is 49.1 Å². The first-order valence-electron chi connectivity index (χ1n) is 17.3. The second kappa shape index (κ2) is 13.7. The third-order valence-corrected chi connectivity index (χ3v) is 10.9. The average Bonchev–Trinajstić information content (AvgIpc) is 3.68. The number of ether oxygens (including phenoxy) is 1. The molecule has 4 N–H and O–H groups in total. The summed E-state index contributed by atoms with van der Waals surface area (Å²) in [6.07, 6.45) is 9.22. The highest BCUT2D eigenvalue weighted by Gasteiger charge is 2.78. The molecule has 1 spiro atoms. The number of hydrogen-bond acceptors (Lipinski definition) is 5. The summed E-state index contributed by atoms with van der Waals surface area (Å²) in [5, 5.41) is 12.2. The maximum atomic E-state index is 15.0. The minimum Gasteiger partial charge on any atom is -0.365 e. The molecule has 9 atom stereocenters. The number of hydrogen-bond donors (Lipinski definition) is 4. The van der Waals surface area contributed by atoms with Crippen LogP contribution in [0.3, 0.4) is 0 Å². The highest BCUT2D eigenvalue weighted by Crippen LogP contribution is 2.65. The van der Waals surface area contributed by atoms with Crippen molar-refractivity contribution in [3.8, 4) is 0 Å². The van der Waals surface area contributed by atoms with E-state index in [4.69, 9.17) is 4.74 Å². The van der Waals surface area contributed by atoms with Crippen molar-refractivity contribution in [2.24, 2.45) is 29.1 Å². The fourth-order valence-corrected chi connectivity index (χ4v) is 8.38. The largest absolute Gasteiger partial charge is 0.365 e. The van der Waals surface area contributed by atoms with E-state index in [9.17, 15) is 14.4 Å². The van der Waals surface area contributed by atoms with Gasteiger partial charge in [-0.3, -0.25) is 19.2 Å². The predicted molar refractivity (Wildman–Crippen MR) is 183 cm³/mol. The Hall–Kier alpha value is -4.24. The van der Waals surface area contributed by atoms with Crippen molar-refractivity contribution in [1.29, 1.82) is 0 Å². The molecule has 254 valence electrons. The molecule has 4 aliphatic rings. The van der Waals surface area contributed by atoms with E-state index in [0.717, 1.165) is 11.1 Å². The van der Waals surface area contributed by atoms with E-state index in [0.29, 0.717) is 32.2 Å². The molecule has 2 unspecified atom stereocenters. The van der Waals surface area contributed by atoms with Crippen LogP contribution in [0.15, 0.2) is 85.0 Å². The van der Waals surface area contributed by atoms with E-state index >= 15 is 4.79 Å². The minimum absolute atomic E-state index is 0.0470. The van der Waals surface area contributed by atoms with E-state index < -0.39 is 46.7 Å². The molecular formula is C39H48N4O5. The highest BCUT2D eigenvalue weighted by molar-refractivity contribution is 6.09. The van der Waals surface area contributed by atoms with Gasteiger partial charge in [0.25, 0.3) is 0 Å². The Balaban J connectivity index is 1.40. The van der Waals surface area contributed by atoms with Gasteiger partial charge in [0, 0.05) is 30.8 Å². The number of epoxide rings is 1. The van der Waals surface area contributed by atoms with Crippen molar-refractivity contribution in [3.05, 3.63) is 96.1 Å². The van der Waals surface area contributed by atoms with E-state index in [1.165, 1.54) is 0 Å². The zero-order chi connectivity index (χ0) is 34.1.